The SMILES string of the molecule is CC1(C)COc2ccc(C(=O)c3cc(Cl)ccc3I)cc21. The molecule has 2 aromatic rings. The Kier molecular flexibility index (Phi) is 3.74. The fourth-order valence-electron chi connectivity index (χ4n) is 2.49. The molecule has 0 aliphatic carbocycles. The first-order chi connectivity index (χ1) is 9.88. The quantitative estimate of drug-likeness (QED) is 0.521. The Hall–Kier alpha value is -1.07. The van der Waals surface area contributed by atoms with Crippen LogP contribution >= 0.6 is 34.2 Å². The van der Waals surface area contributed by atoms with Crippen molar-refractivity contribution in [2.75, 3.05) is 6.61 Å². The van der Waals surface area contributed by atoms with E-state index in [1.165, 1.54) is 0 Å². The Balaban J connectivity index is 2.06. The topological polar surface area (TPSA) is 26.3 Å². The van der Waals surface area contributed by atoms with Crippen LogP contribution in [0.15, 0.2) is 36.4 Å². The van der Waals surface area contributed by atoms with E-state index in [9.17, 15) is 4.79 Å². The van der Waals surface area contributed by atoms with Crippen LogP contribution in [0.4, 0.5) is 0 Å². The van der Waals surface area contributed by atoms with Crippen LogP contribution in [0, 0.1) is 3.57 Å². The molecule has 0 fully saturated rings. The Morgan fingerprint density at radius 3 is 2.76 bits per heavy atom. The van der Waals surface area contributed by atoms with E-state index >= 15 is 0 Å². The van der Waals surface area contributed by atoms with Gasteiger partial charge in [-0.25, -0.2) is 0 Å². The third kappa shape index (κ3) is 2.69. The van der Waals surface area contributed by atoms with Gasteiger partial charge in [0.25, 0.3) is 0 Å². The van der Waals surface area contributed by atoms with Crippen molar-refractivity contribution < 1.29 is 9.53 Å². The maximum Gasteiger partial charge on any atom is 0.194 e. The summed E-state index contributed by atoms with van der Waals surface area (Å²) in [5.74, 6) is 0.866. The molecule has 0 atom stereocenters. The average Bonchev–Trinajstić information content (AvgIpc) is 2.76. The molecule has 0 amide bonds. The van der Waals surface area contributed by atoms with Crippen LogP contribution in [0.2, 0.25) is 5.02 Å². The van der Waals surface area contributed by atoms with Gasteiger partial charge in [0, 0.05) is 30.7 Å². The largest absolute Gasteiger partial charge is 0.492 e. The van der Waals surface area contributed by atoms with Crippen molar-refractivity contribution in [2.45, 2.75) is 19.3 Å². The fraction of sp³-hybridized carbons (Fsp3) is 0.235. The molecule has 21 heavy (non-hydrogen) atoms. The van der Waals surface area contributed by atoms with Crippen molar-refractivity contribution in [2.24, 2.45) is 0 Å². The van der Waals surface area contributed by atoms with Crippen molar-refractivity contribution in [1.82, 2.24) is 0 Å². The summed E-state index contributed by atoms with van der Waals surface area (Å²) in [6.07, 6.45) is 0. The van der Waals surface area contributed by atoms with E-state index in [-0.39, 0.29) is 11.2 Å². The summed E-state index contributed by atoms with van der Waals surface area (Å²) in [5, 5.41) is 0.573. The molecular weight excluding hydrogens is 399 g/mol. The zero-order valence-corrected chi connectivity index (χ0v) is 14.7. The summed E-state index contributed by atoms with van der Waals surface area (Å²) in [7, 11) is 0. The first-order valence-corrected chi connectivity index (χ1v) is 8.11. The highest BCUT2D eigenvalue weighted by molar-refractivity contribution is 14.1. The Labute approximate surface area is 142 Å². The van der Waals surface area contributed by atoms with Gasteiger partial charge in [0.05, 0.1) is 6.61 Å². The van der Waals surface area contributed by atoms with Crippen LogP contribution < -0.4 is 4.74 Å². The molecule has 0 spiro atoms. The molecule has 0 aromatic heterocycles. The zero-order valence-electron chi connectivity index (χ0n) is 11.7. The third-order valence-electron chi connectivity index (χ3n) is 3.73. The van der Waals surface area contributed by atoms with Crippen LogP contribution in [0.3, 0.4) is 0 Å². The molecule has 2 aromatic carbocycles. The maximum atomic E-state index is 12.7. The van der Waals surface area contributed by atoms with Crippen molar-refractivity contribution in [3.05, 3.63) is 61.7 Å². The number of halogens is 2. The van der Waals surface area contributed by atoms with E-state index < -0.39 is 0 Å². The lowest BCUT2D eigenvalue weighted by molar-refractivity contribution is 0.103. The summed E-state index contributed by atoms with van der Waals surface area (Å²) in [5.41, 5.74) is 2.34. The van der Waals surface area contributed by atoms with Gasteiger partial charge in [0.15, 0.2) is 5.78 Å². The zero-order chi connectivity index (χ0) is 15.2. The number of ether oxygens (including phenoxy) is 1. The number of ketones is 1. The monoisotopic (exact) mass is 412 g/mol. The van der Waals surface area contributed by atoms with E-state index in [1.54, 1.807) is 12.1 Å². The number of carbonyl (C=O) groups excluding carboxylic acids is 1. The van der Waals surface area contributed by atoms with Gasteiger partial charge in [-0.2, -0.15) is 0 Å². The minimum Gasteiger partial charge on any atom is -0.492 e. The van der Waals surface area contributed by atoms with Gasteiger partial charge >= 0.3 is 0 Å². The molecule has 1 aliphatic heterocycles. The third-order valence-corrected chi connectivity index (χ3v) is 4.91. The minimum absolute atomic E-state index is 0.00704. The highest BCUT2D eigenvalue weighted by Crippen LogP contribution is 2.39. The average molecular weight is 413 g/mol. The van der Waals surface area contributed by atoms with Crippen molar-refractivity contribution in [3.63, 3.8) is 0 Å². The van der Waals surface area contributed by atoms with Crippen LogP contribution in [0.25, 0.3) is 0 Å². The van der Waals surface area contributed by atoms with E-state index in [0.29, 0.717) is 22.8 Å². The second-order valence-electron chi connectivity index (χ2n) is 5.84. The highest BCUT2D eigenvalue weighted by atomic mass is 127. The Morgan fingerprint density at radius 1 is 1.24 bits per heavy atom. The molecular formula is C17H14ClIO2. The summed E-state index contributed by atoms with van der Waals surface area (Å²) in [4.78, 5) is 12.7. The first kappa shape index (κ1) is 14.9. The summed E-state index contributed by atoms with van der Waals surface area (Å²) >= 11 is 8.17. The number of rotatable bonds is 2. The molecule has 2 nitrogen and oxygen atoms in total. The second kappa shape index (κ2) is 5.29. The number of fused-ring (bicyclic) bond motifs is 1. The Morgan fingerprint density at radius 2 is 2.00 bits per heavy atom. The molecule has 0 saturated carbocycles. The van der Waals surface area contributed by atoms with Crippen LogP contribution in [-0.4, -0.2) is 12.4 Å². The Bertz CT molecular complexity index is 738. The lowest BCUT2D eigenvalue weighted by Gasteiger charge is -2.15. The minimum atomic E-state index is -0.0624. The number of hydrogen-bond donors (Lipinski definition) is 0. The van der Waals surface area contributed by atoms with Gasteiger partial charge in [0.1, 0.15) is 5.75 Å². The molecule has 0 unspecified atom stereocenters. The van der Waals surface area contributed by atoms with Gasteiger partial charge < -0.3 is 4.74 Å². The van der Waals surface area contributed by atoms with Crippen molar-refractivity contribution in [3.8, 4) is 5.75 Å². The van der Waals surface area contributed by atoms with Crippen molar-refractivity contribution in [1.29, 1.82) is 0 Å². The van der Waals surface area contributed by atoms with Crippen LogP contribution in [-0.2, 0) is 5.41 Å². The lowest BCUT2D eigenvalue weighted by Crippen LogP contribution is -2.18. The maximum absolute atomic E-state index is 12.7. The summed E-state index contributed by atoms with van der Waals surface area (Å²) < 4.78 is 6.56. The molecule has 0 N–H and O–H groups in total. The highest BCUT2D eigenvalue weighted by Gasteiger charge is 2.32. The molecule has 0 bridgehead atoms. The molecule has 0 radical (unpaired) electrons. The molecule has 1 heterocycles. The van der Waals surface area contributed by atoms with Gasteiger partial charge in [-0.1, -0.05) is 25.4 Å². The normalized spacial score (nSPS) is 15.4. The molecule has 3 rings (SSSR count). The molecule has 0 saturated heterocycles. The van der Waals surface area contributed by atoms with Crippen LogP contribution in [0.5, 0.6) is 5.75 Å². The second-order valence-corrected chi connectivity index (χ2v) is 7.44. The molecule has 108 valence electrons. The summed E-state index contributed by atoms with van der Waals surface area (Å²) in [6.45, 7) is 4.89. The number of hydrogen-bond acceptors (Lipinski definition) is 2. The van der Waals surface area contributed by atoms with Crippen molar-refractivity contribution >= 4 is 40.0 Å². The van der Waals surface area contributed by atoms with E-state index in [1.807, 2.05) is 24.3 Å². The van der Waals surface area contributed by atoms with Gasteiger partial charge in [0.2, 0.25) is 0 Å². The smallest absolute Gasteiger partial charge is 0.194 e. The molecule has 4 heteroatoms. The molecule has 1 aliphatic rings. The van der Waals surface area contributed by atoms with Gasteiger partial charge in [-0.15, -0.1) is 0 Å². The first-order valence-electron chi connectivity index (χ1n) is 6.65. The lowest BCUT2D eigenvalue weighted by atomic mass is 9.85. The van der Waals surface area contributed by atoms with Crippen LogP contribution in [0.1, 0.15) is 35.3 Å². The van der Waals surface area contributed by atoms with Gasteiger partial charge in [-0.05, 0) is 59.0 Å². The predicted molar refractivity (Wildman–Crippen MR) is 92.6 cm³/mol. The predicted octanol–water partition coefficient (Wildman–Crippen LogP) is 4.85. The standard InChI is InChI=1S/C17H14ClIO2/c1-17(2)9-21-15-6-3-10(7-13(15)17)16(20)12-8-11(18)4-5-14(12)19/h3-8H,9H2,1-2H3. The van der Waals surface area contributed by atoms with E-state index in [4.69, 9.17) is 16.3 Å². The number of carbonyl (C=O) groups is 1. The van der Waals surface area contributed by atoms with E-state index in [2.05, 4.69) is 36.4 Å². The number of benzene rings is 2. The van der Waals surface area contributed by atoms with Gasteiger partial charge in [-0.3, -0.25) is 4.79 Å². The van der Waals surface area contributed by atoms with E-state index in [0.717, 1.165) is 14.9 Å². The fourth-order valence-corrected chi connectivity index (χ4v) is 3.24. The summed E-state index contributed by atoms with van der Waals surface area (Å²) in [6, 6.07) is 11.0.